The number of carbonyl (C=O) groups is 1. The summed E-state index contributed by atoms with van der Waals surface area (Å²) >= 11 is 0. The van der Waals surface area contributed by atoms with Crippen molar-refractivity contribution in [2.24, 2.45) is 0 Å². The normalized spacial score (nSPS) is 13.8. The lowest BCUT2D eigenvalue weighted by atomic mass is 10.1. The number of carbonyl (C=O) groups excluding carboxylic acids is 1. The summed E-state index contributed by atoms with van der Waals surface area (Å²) in [6, 6.07) is 0. The fourth-order valence-corrected chi connectivity index (χ4v) is 3.59. The molecule has 6 heteroatoms. The third-order valence-electron chi connectivity index (χ3n) is 3.24. The lowest BCUT2D eigenvalue weighted by Crippen LogP contribution is -2.13. The predicted octanol–water partition coefficient (Wildman–Crippen LogP) is 4.94. The van der Waals surface area contributed by atoms with Gasteiger partial charge in [-0.05, 0) is 20.3 Å². The molecule has 1 atom stereocenters. The Morgan fingerprint density at radius 2 is 1.41 bits per heavy atom. The summed E-state index contributed by atoms with van der Waals surface area (Å²) in [4.78, 5) is 11.4. The standard InChI is InChI=1S/C16H33O5P/c1-4-7-8-9-10-11-12-13-14-21-22(18,20-6-3)15-16(17)19-5-2/h4-15H2,1-3H3. The summed E-state index contributed by atoms with van der Waals surface area (Å²) in [7, 11) is -3.35. The summed E-state index contributed by atoms with van der Waals surface area (Å²) in [5.41, 5.74) is 0. The lowest BCUT2D eigenvalue weighted by Gasteiger charge is -2.17. The summed E-state index contributed by atoms with van der Waals surface area (Å²) in [5, 5.41) is 0. The second-order valence-corrected chi connectivity index (χ2v) is 7.35. The van der Waals surface area contributed by atoms with Crippen molar-refractivity contribution in [1.82, 2.24) is 0 Å². The highest BCUT2D eigenvalue weighted by molar-refractivity contribution is 7.54. The molecular formula is C16H33O5P. The van der Waals surface area contributed by atoms with E-state index in [-0.39, 0.29) is 19.4 Å². The first-order valence-electron chi connectivity index (χ1n) is 8.61. The van der Waals surface area contributed by atoms with Crippen molar-refractivity contribution >= 4 is 13.6 Å². The molecule has 0 heterocycles. The van der Waals surface area contributed by atoms with Gasteiger partial charge in [0.05, 0.1) is 19.8 Å². The molecule has 0 saturated heterocycles. The van der Waals surface area contributed by atoms with Crippen LogP contribution >= 0.6 is 7.60 Å². The molecule has 132 valence electrons. The molecule has 0 aliphatic carbocycles. The first kappa shape index (κ1) is 21.6. The Kier molecular flexibility index (Phi) is 14.0. The van der Waals surface area contributed by atoms with E-state index in [1.165, 1.54) is 38.5 Å². The molecule has 0 bridgehead atoms. The molecule has 0 saturated carbocycles. The Hall–Kier alpha value is -0.380. The smallest absolute Gasteiger partial charge is 0.341 e. The predicted molar refractivity (Wildman–Crippen MR) is 89.3 cm³/mol. The Labute approximate surface area is 135 Å². The molecule has 0 rings (SSSR count). The summed E-state index contributed by atoms with van der Waals surface area (Å²) in [6.07, 6.45) is 9.18. The molecule has 0 amide bonds. The van der Waals surface area contributed by atoms with E-state index in [9.17, 15) is 9.36 Å². The Morgan fingerprint density at radius 3 is 1.95 bits per heavy atom. The van der Waals surface area contributed by atoms with Crippen LogP contribution in [-0.2, 0) is 23.1 Å². The van der Waals surface area contributed by atoms with Gasteiger partial charge in [0.2, 0.25) is 0 Å². The number of ether oxygens (including phenoxy) is 1. The Bertz CT molecular complexity index is 320. The second kappa shape index (κ2) is 14.2. The van der Waals surface area contributed by atoms with Crippen LogP contribution in [0.1, 0.15) is 72.1 Å². The Morgan fingerprint density at radius 1 is 0.818 bits per heavy atom. The van der Waals surface area contributed by atoms with Gasteiger partial charge in [0.25, 0.3) is 0 Å². The summed E-state index contributed by atoms with van der Waals surface area (Å²) in [5.74, 6) is -0.532. The van der Waals surface area contributed by atoms with Gasteiger partial charge in [0.1, 0.15) is 6.16 Å². The monoisotopic (exact) mass is 336 g/mol. The van der Waals surface area contributed by atoms with Gasteiger partial charge in [-0.15, -0.1) is 0 Å². The SMILES string of the molecule is CCCCCCCCCCOP(=O)(CC(=O)OCC)OCC. The van der Waals surface area contributed by atoms with Gasteiger partial charge in [-0.3, -0.25) is 9.36 Å². The van der Waals surface area contributed by atoms with Gasteiger partial charge < -0.3 is 13.8 Å². The van der Waals surface area contributed by atoms with Gasteiger partial charge in [-0.1, -0.05) is 51.9 Å². The molecule has 0 aromatic heterocycles. The minimum absolute atomic E-state index is 0.258. The van der Waals surface area contributed by atoms with E-state index in [4.69, 9.17) is 13.8 Å². The topological polar surface area (TPSA) is 61.8 Å². The van der Waals surface area contributed by atoms with Gasteiger partial charge in [0, 0.05) is 0 Å². The largest absolute Gasteiger partial charge is 0.466 e. The molecule has 0 spiro atoms. The first-order chi connectivity index (χ1) is 10.6. The van der Waals surface area contributed by atoms with Crippen LogP contribution in [0, 0.1) is 0 Å². The van der Waals surface area contributed by atoms with Crippen molar-refractivity contribution in [3.8, 4) is 0 Å². The fraction of sp³-hybridized carbons (Fsp3) is 0.938. The average Bonchev–Trinajstić information content (AvgIpc) is 2.46. The van der Waals surface area contributed by atoms with E-state index in [1.54, 1.807) is 13.8 Å². The van der Waals surface area contributed by atoms with E-state index in [0.717, 1.165) is 12.8 Å². The maximum absolute atomic E-state index is 12.4. The molecule has 1 unspecified atom stereocenters. The average molecular weight is 336 g/mol. The maximum atomic E-state index is 12.4. The van der Waals surface area contributed by atoms with Crippen LogP contribution in [0.4, 0.5) is 0 Å². The maximum Gasteiger partial charge on any atom is 0.341 e. The summed E-state index contributed by atoms with van der Waals surface area (Å²) in [6.45, 7) is 6.55. The molecule has 0 aliphatic heterocycles. The number of hydrogen-bond acceptors (Lipinski definition) is 5. The van der Waals surface area contributed by atoms with Crippen LogP contribution in [0.5, 0.6) is 0 Å². The molecule has 0 aromatic carbocycles. The molecular weight excluding hydrogens is 303 g/mol. The van der Waals surface area contributed by atoms with Crippen molar-refractivity contribution < 1.29 is 23.1 Å². The van der Waals surface area contributed by atoms with Gasteiger partial charge >= 0.3 is 13.6 Å². The van der Waals surface area contributed by atoms with Crippen LogP contribution < -0.4 is 0 Å². The summed E-state index contributed by atoms with van der Waals surface area (Å²) < 4.78 is 27.7. The fourth-order valence-electron chi connectivity index (χ4n) is 2.13. The number of unbranched alkanes of at least 4 members (excludes halogenated alkanes) is 7. The van der Waals surface area contributed by atoms with Gasteiger partial charge in [-0.25, -0.2) is 0 Å². The number of hydrogen-bond donors (Lipinski definition) is 0. The molecule has 0 N–H and O–H groups in total. The van der Waals surface area contributed by atoms with Crippen LogP contribution in [-0.4, -0.2) is 32.0 Å². The molecule has 0 aromatic rings. The van der Waals surface area contributed by atoms with E-state index >= 15 is 0 Å². The van der Waals surface area contributed by atoms with Crippen LogP contribution in [0.15, 0.2) is 0 Å². The lowest BCUT2D eigenvalue weighted by molar-refractivity contribution is -0.140. The van der Waals surface area contributed by atoms with Gasteiger partial charge in [0.15, 0.2) is 0 Å². The van der Waals surface area contributed by atoms with Crippen molar-refractivity contribution in [1.29, 1.82) is 0 Å². The Balaban J connectivity index is 3.81. The minimum Gasteiger partial charge on any atom is -0.466 e. The first-order valence-corrected chi connectivity index (χ1v) is 10.3. The highest BCUT2D eigenvalue weighted by atomic mass is 31.2. The van der Waals surface area contributed by atoms with Crippen LogP contribution in [0.3, 0.4) is 0 Å². The number of rotatable bonds is 15. The quantitative estimate of drug-likeness (QED) is 0.241. The van der Waals surface area contributed by atoms with Crippen molar-refractivity contribution in [3.05, 3.63) is 0 Å². The van der Waals surface area contributed by atoms with Crippen molar-refractivity contribution in [2.75, 3.05) is 26.0 Å². The third kappa shape index (κ3) is 12.2. The molecule has 5 nitrogen and oxygen atoms in total. The molecule has 0 radical (unpaired) electrons. The molecule has 0 aliphatic rings. The molecule has 22 heavy (non-hydrogen) atoms. The second-order valence-electron chi connectivity index (χ2n) is 5.30. The minimum atomic E-state index is -3.35. The molecule has 0 fully saturated rings. The van der Waals surface area contributed by atoms with E-state index < -0.39 is 13.6 Å². The van der Waals surface area contributed by atoms with E-state index in [0.29, 0.717) is 6.61 Å². The van der Waals surface area contributed by atoms with E-state index in [2.05, 4.69) is 6.92 Å². The van der Waals surface area contributed by atoms with Crippen LogP contribution in [0.2, 0.25) is 0 Å². The van der Waals surface area contributed by atoms with Crippen molar-refractivity contribution in [3.63, 3.8) is 0 Å². The number of esters is 1. The highest BCUT2D eigenvalue weighted by Gasteiger charge is 2.28. The van der Waals surface area contributed by atoms with Crippen LogP contribution in [0.25, 0.3) is 0 Å². The zero-order valence-electron chi connectivity index (χ0n) is 14.5. The zero-order valence-corrected chi connectivity index (χ0v) is 15.4. The zero-order chi connectivity index (χ0) is 16.7. The highest BCUT2D eigenvalue weighted by Crippen LogP contribution is 2.48. The van der Waals surface area contributed by atoms with Gasteiger partial charge in [-0.2, -0.15) is 0 Å². The van der Waals surface area contributed by atoms with E-state index in [1.807, 2.05) is 0 Å². The third-order valence-corrected chi connectivity index (χ3v) is 5.11. The van der Waals surface area contributed by atoms with Crippen molar-refractivity contribution in [2.45, 2.75) is 72.1 Å².